The monoisotopic (exact) mass is 421 g/mol. The molecule has 3 rings (SSSR count). The number of carbonyl (C=O) groups is 2. The maximum atomic E-state index is 14.4. The first kappa shape index (κ1) is 20.7. The molecular weight excluding hydrogens is 401 g/mol. The molecule has 0 bridgehead atoms. The van der Waals surface area contributed by atoms with Crippen LogP contribution >= 0.6 is 0 Å². The zero-order valence-corrected chi connectivity index (χ0v) is 16.6. The highest BCUT2D eigenvalue weighted by Crippen LogP contribution is 2.23. The first-order valence-electron chi connectivity index (χ1n) is 8.85. The van der Waals surface area contributed by atoms with Crippen molar-refractivity contribution in [3.63, 3.8) is 0 Å². The molecule has 0 N–H and O–H groups in total. The van der Waals surface area contributed by atoms with Gasteiger partial charge in [-0.05, 0) is 24.3 Å². The number of nitrogens with zero attached hydrogens (tertiary/aromatic N) is 3. The number of urea groups is 1. The van der Waals surface area contributed by atoms with Gasteiger partial charge in [-0.1, -0.05) is 12.1 Å². The van der Waals surface area contributed by atoms with Gasteiger partial charge in [0.15, 0.2) is 9.84 Å². The number of rotatable bonds is 4. The van der Waals surface area contributed by atoms with Crippen molar-refractivity contribution < 1.29 is 27.1 Å². The Bertz CT molecular complexity index is 997. The lowest BCUT2D eigenvalue weighted by Crippen LogP contribution is -2.50. The smallest absolute Gasteiger partial charge is 0.339 e. The van der Waals surface area contributed by atoms with Crippen molar-refractivity contribution in [2.75, 3.05) is 36.6 Å². The number of carbonyl (C=O) groups excluding carboxylic acids is 2. The van der Waals surface area contributed by atoms with Gasteiger partial charge in [-0.2, -0.15) is 0 Å². The van der Waals surface area contributed by atoms with E-state index in [0.717, 1.165) is 0 Å². The Hall–Kier alpha value is -3.01. The molecule has 1 aliphatic rings. The van der Waals surface area contributed by atoms with Crippen LogP contribution in [0.4, 0.5) is 14.9 Å². The van der Waals surface area contributed by atoms with Crippen molar-refractivity contribution in [2.24, 2.45) is 0 Å². The number of aromatic nitrogens is 1. The topological polar surface area (TPSA) is 96.9 Å². The molecule has 10 heteroatoms. The molecule has 2 aromatic rings. The van der Waals surface area contributed by atoms with Crippen LogP contribution in [0.25, 0.3) is 0 Å². The van der Waals surface area contributed by atoms with E-state index in [-0.39, 0.29) is 42.4 Å². The fourth-order valence-corrected chi connectivity index (χ4v) is 4.12. The number of methoxy groups -OCH3 is 1. The zero-order chi connectivity index (χ0) is 21.0. The third-order valence-electron chi connectivity index (χ3n) is 4.56. The maximum absolute atomic E-state index is 14.4. The Balaban J connectivity index is 1.87. The second-order valence-corrected chi connectivity index (χ2v) is 8.79. The molecule has 1 fully saturated rings. The van der Waals surface area contributed by atoms with Gasteiger partial charge in [0.05, 0.1) is 42.1 Å². The highest BCUT2D eigenvalue weighted by molar-refractivity contribution is 7.91. The molecule has 1 aliphatic heterocycles. The molecule has 2 heterocycles. The number of benzene rings is 1. The number of hydrogen-bond acceptors (Lipinski definition) is 6. The van der Waals surface area contributed by atoms with Gasteiger partial charge in [0.2, 0.25) is 0 Å². The van der Waals surface area contributed by atoms with Crippen LogP contribution in [-0.2, 0) is 21.1 Å². The minimum atomic E-state index is -3.16. The molecular formula is C19H20FN3O5S. The molecule has 0 aliphatic carbocycles. The van der Waals surface area contributed by atoms with Gasteiger partial charge in [0, 0.05) is 19.3 Å². The molecule has 2 amide bonds. The first-order valence-corrected chi connectivity index (χ1v) is 10.7. The van der Waals surface area contributed by atoms with Crippen molar-refractivity contribution >= 4 is 27.5 Å². The average molecular weight is 421 g/mol. The van der Waals surface area contributed by atoms with Crippen molar-refractivity contribution in [1.82, 2.24) is 9.88 Å². The Morgan fingerprint density at radius 2 is 1.86 bits per heavy atom. The summed E-state index contributed by atoms with van der Waals surface area (Å²) in [6.07, 6.45) is 1.32. The molecule has 0 atom stereocenters. The molecule has 1 aromatic heterocycles. The van der Waals surface area contributed by atoms with E-state index in [9.17, 15) is 22.4 Å². The highest BCUT2D eigenvalue weighted by Gasteiger charge is 2.30. The second-order valence-electron chi connectivity index (χ2n) is 6.49. The number of ether oxygens (including phenoxy) is 1. The number of esters is 1. The highest BCUT2D eigenvalue weighted by atomic mass is 32.2. The summed E-state index contributed by atoms with van der Waals surface area (Å²) < 4.78 is 42.4. The van der Waals surface area contributed by atoms with Crippen molar-refractivity contribution in [3.8, 4) is 0 Å². The van der Waals surface area contributed by atoms with Crippen LogP contribution in [0.5, 0.6) is 0 Å². The fourth-order valence-electron chi connectivity index (χ4n) is 2.92. The molecule has 8 nitrogen and oxygen atoms in total. The van der Waals surface area contributed by atoms with E-state index in [4.69, 9.17) is 0 Å². The fraction of sp³-hybridized carbons (Fsp3) is 0.316. The zero-order valence-electron chi connectivity index (χ0n) is 15.7. The van der Waals surface area contributed by atoms with Gasteiger partial charge in [-0.15, -0.1) is 0 Å². The Labute approximate surface area is 167 Å². The molecule has 29 heavy (non-hydrogen) atoms. The Morgan fingerprint density at radius 3 is 2.45 bits per heavy atom. The number of halogens is 1. The van der Waals surface area contributed by atoms with Crippen LogP contribution in [0.15, 0.2) is 42.6 Å². The number of para-hydroxylation sites is 1. The molecule has 0 spiro atoms. The summed E-state index contributed by atoms with van der Waals surface area (Å²) in [6.45, 7) is 0.0339. The largest absolute Gasteiger partial charge is 0.465 e. The van der Waals surface area contributed by atoms with Crippen LogP contribution in [0.1, 0.15) is 16.1 Å². The van der Waals surface area contributed by atoms with Crippen LogP contribution in [0.3, 0.4) is 0 Å². The van der Waals surface area contributed by atoms with Crippen LogP contribution < -0.4 is 4.90 Å². The molecule has 0 unspecified atom stereocenters. The number of amides is 2. The van der Waals surface area contributed by atoms with Crippen LogP contribution in [0, 0.1) is 5.82 Å². The summed E-state index contributed by atoms with van der Waals surface area (Å²) in [4.78, 5) is 31.4. The minimum Gasteiger partial charge on any atom is -0.465 e. The van der Waals surface area contributed by atoms with E-state index in [1.165, 1.54) is 47.4 Å². The summed E-state index contributed by atoms with van der Waals surface area (Å²) in [5.74, 6) is -1.39. The predicted molar refractivity (Wildman–Crippen MR) is 104 cm³/mol. The standard InChI is InChI=1S/C19H20FN3O5S/c1-28-18(24)14-6-7-15(21-12-14)13-23(17-5-3-2-4-16(17)20)19(25)22-8-10-29(26,27)11-9-22/h2-7,12H,8-11,13H2,1H3. The summed E-state index contributed by atoms with van der Waals surface area (Å²) >= 11 is 0. The molecule has 0 saturated carbocycles. The quantitative estimate of drug-likeness (QED) is 0.699. The summed E-state index contributed by atoms with van der Waals surface area (Å²) in [5.41, 5.74) is 0.741. The molecule has 0 radical (unpaired) electrons. The Morgan fingerprint density at radius 1 is 1.17 bits per heavy atom. The molecule has 1 saturated heterocycles. The molecule has 154 valence electrons. The summed E-state index contributed by atoms with van der Waals surface area (Å²) in [7, 11) is -1.91. The van der Waals surface area contributed by atoms with Crippen molar-refractivity contribution in [3.05, 3.63) is 59.7 Å². The van der Waals surface area contributed by atoms with Gasteiger partial charge in [-0.3, -0.25) is 9.88 Å². The van der Waals surface area contributed by atoms with Crippen molar-refractivity contribution in [1.29, 1.82) is 0 Å². The van der Waals surface area contributed by atoms with E-state index in [1.807, 2.05) is 0 Å². The minimum absolute atomic E-state index is 0.0425. The van der Waals surface area contributed by atoms with Crippen LogP contribution in [-0.4, -0.2) is 62.0 Å². The summed E-state index contributed by atoms with van der Waals surface area (Å²) in [6, 6.07) is 8.37. The summed E-state index contributed by atoms with van der Waals surface area (Å²) in [5, 5.41) is 0. The number of pyridine rings is 1. The average Bonchev–Trinajstić information content (AvgIpc) is 2.72. The van der Waals surface area contributed by atoms with Crippen molar-refractivity contribution in [2.45, 2.75) is 6.54 Å². The third kappa shape index (κ3) is 4.89. The van der Waals surface area contributed by atoms with E-state index in [0.29, 0.717) is 5.69 Å². The second kappa shape index (κ2) is 8.56. The van der Waals surface area contributed by atoms with E-state index in [2.05, 4.69) is 9.72 Å². The number of anilines is 1. The number of sulfone groups is 1. The van der Waals surface area contributed by atoms with Gasteiger partial charge in [0.25, 0.3) is 0 Å². The molecule has 1 aromatic carbocycles. The normalized spacial score (nSPS) is 15.6. The van der Waals surface area contributed by atoms with Gasteiger partial charge < -0.3 is 9.64 Å². The maximum Gasteiger partial charge on any atom is 0.339 e. The lowest BCUT2D eigenvalue weighted by atomic mass is 10.2. The van der Waals surface area contributed by atoms with Gasteiger partial charge in [0.1, 0.15) is 5.82 Å². The lowest BCUT2D eigenvalue weighted by Gasteiger charge is -2.33. The van der Waals surface area contributed by atoms with E-state index >= 15 is 0 Å². The predicted octanol–water partition coefficient (Wildman–Crippen LogP) is 1.86. The Kier molecular flexibility index (Phi) is 6.12. The third-order valence-corrected chi connectivity index (χ3v) is 6.16. The first-order chi connectivity index (χ1) is 13.8. The SMILES string of the molecule is COC(=O)c1ccc(CN(C(=O)N2CCS(=O)(=O)CC2)c2ccccc2F)nc1. The van der Waals surface area contributed by atoms with E-state index in [1.54, 1.807) is 12.1 Å². The van der Waals surface area contributed by atoms with Gasteiger partial charge in [-0.25, -0.2) is 22.4 Å². The van der Waals surface area contributed by atoms with Gasteiger partial charge >= 0.3 is 12.0 Å². The van der Waals surface area contributed by atoms with E-state index < -0.39 is 27.7 Å². The lowest BCUT2D eigenvalue weighted by molar-refractivity contribution is 0.0600. The van der Waals surface area contributed by atoms with Crippen LogP contribution in [0.2, 0.25) is 0 Å². The number of hydrogen-bond donors (Lipinski definition) is 0.